The van der Waals surface area contributed by atoms with Gasteiger partial charge in [0.05, 0.1) is 5.92 Å². The van der Waals surface area contributed by atoms with Crippen LogP contribution in [0.25, 0.3) is 0 Å². The summed E-state index contributed by atoms with van der Waals surface area (Å²) in [5.74, 6) is -1.51. The average Bonchev–Trinajstić information content (AvgIpc) is 2.27. The van der Waals surface area contributed by atoms with E-state index in [4.69, 9.17) is 5.11 Å². The van der Waals surface area contributed by atoms with Crippen LogP contribution in [-0.4, -0.2) is 41.6 Å². The van der Waals surface area contributed by atoms with Gasteiger partial charge in [-0.05, 0) is 5.92 Å². The topological polar surface area (TPSA) is 69.6 Å². The number of hydrogen-bond donors (Lipinski definition) is 2. The van der Waals surface area contributed by atoms with Gasteiger partial charge in [-0.1, -0.05) is 26.0 Å². The molecule has 0 aliphatic heterocycles. The highest BCUT2D eigenvalue weighted by molar-refractivity contribution is 5.76. The summed E-state index contributed by atoms with van der Waals surface area (Å²) in [6, 6.07) is -0.304. The summed E-state index contributed by atoms with van der Waals surface area (Å²) in [5, 5.41) is 11.6. The molecule has 0 saturated heterocycles. The fraction of sp³-hybridized carbons (Fsp3) is 0.538. The molecule has 2 N–H and O–H groups in total. The Bertz CT molecular complexity index is 303. The minimum atomic E-state index is -0.899. The van der Waals surface area contributed by atoms with E-state index in [-0.39, 0.29) is 18.5 Å². The molecule has 5 heteroatoms. The second kappa shape index (κ2) is 8.33. The summed E-state index contributed by atoms with van der Waals surface area (Å²) in [7, 11) is 0. The van der Waals surface area contributed by atoms with Crippen molar-refractivity contribution in [3.05, 3.63) is 25.3 Å². The monoisotopic (exact) mass is 254 g/mol. The van der Waals surface area contributed by atoms with Gasteiger partial charge in [0.1, 0.15) is 0 Å². The van der Waals surface area contributed by atoms with Gasteiger partial charge < -0.3 is 15.3 Å². The van der Waals surface area contributed by atoms with Gasteiger partial charge in [-0.2, -0.15) is 0 Å². The second-order valence-corrected chi connectivity index (χ2v) is 4.36. The largest absolute Gasteiger partial charge is 0.481 e. The van der Waals surface area contributed by atoms with Crippen LogP contribution in [0.5, 0.6) is 0 Å². The molecule has 0 bridgehead atoms. The van der Waals surface area contributed by atoms with Crippen LogP contribution < -0.4 is 5.32 Å². The zero-order chi connectivity index (χ0) is 14.1. The van der Waals surface area contributed by atoms with Gasteiger partial charge in [0.15, 0.2) is 0 Å². The molecular formula is C13H22N2O3. The first kappa shape index (κ1) is 16.2. The normalized spacial score (nSPS) is 11.7. The van der Waals surface area contributed by atoms with E-state index in [9.17, 15) is 9.59 Å². The van der Waals surface area contributed by atoms with Crippen LogP contribution in [0.3, 0.4) is 0 Å². The maximum Gasteiger partial charge on any atom is 0.317 e. The van der Waals surface area contributed by atoms with Gasteiger partial charge in [0.25, 0.3) is 0 Å². The molecule has 5 nitrogen and oxygen atoms in total. The lowest BCUT2D eigenvalue weighted by atomic mass is 9.96. The summed E-state index contributed by atoms with van der Waals surface area (Å²) in [4.78, 5) is 24.3. The van der Waals surface area contributed by atoms with E-state index in [0.717, 1.165) is 0 Å². The first-order chi connectivity index (χ1) is 8.43. The summed E-state index contributed by atoms with van der Waals surface area (Å²) < 4.78 is 0. The number of carboxylic acids is 1. The Labute approximate surface area is 108 Å². The first-order valence-electron chi connectivity index (χ1n) is 5.91. The Kier molecular flexibility index (Phi) is 7.51. The molecule has 0 rings (SSSR count). The van der Waals surface area contributed by atoms with Gasteiger partial charge >= 0.3 is 12.0 Å². The lowest BCUT2D eigenvalue weighted by Gasteiger charge is -2.22. The number of rotatable bonds is 8. The van der Waals surface area contributed by atoms with Crippen molar-refractivity contribution in [1.82, 2.24) is 10.2 Å². The maximum absolute atomic E-state index is 11.8. The van der Waals surface area contributed by atoms with Crippen molar-refractivity contribution >= 4 is 12.0 Å². The fourth-order valence-corrected chi connectivity index (χ4v) is 1.47. The number of hydrogen-bond acceptors (Lipinski definition) is 2. The molecular weight excluding hydrogens is 232 g/mol. The molecule has 0 fully saturated rings. The van der Waals surface area contributed by atoms with Gasteiger partial charge in [-0.25, -0.2) is 4.79 Å². The highest BCUT2D eigenvalue weighted by atomic mass is 16.4. The van der Waals surface area contributed by atoms with E-state index < -0.39 is 11.9 Å². The fourth-order valence-electron chi connectivity index (χ4n) is 1.47. The number of nitrogens with one attached hydrogen (secondary N) is 1. The second-order valence-electron chi connectivity index (χ2n) is 4.36. The third-order valence-corrected chi connectivity index (χ3v) is 2.58. The predicted molar refractivity (Wildman–Crippen MR) is 71.3 cm³/mol. The highest BCUT2D eigenvalue weighted by Gasteiger charge is 2.22. The van der Waals surface area contributed by atoms with Gasteiger partial charge in [0.2, 0.25) is 0 Å². The molecule has 18 heavy (non-hydrogen) atoms. The van der Waals surface area contributed by atoms with Crippen LogP contribution in [0.15, 0.2) is 25.3 Å². The number of carbonyl (C=O) groups is 2. The van der Waals surface area contributed by atoms with Crippen molar-refractivity contribution in [2.24, 2.45) is 11.8 Å². The van der Waals surface area contributed by atoms with Crippen LogP contribution in [0.4, 0.5) is 4.79 Å². The minimum Gasteiger partial charge on any atom is -0.481 e. The van der Waals surface area contributed by atoms with Gasteiger partial charge in [-0.3, -0.25) is 4.79 Å². The Morgan fingerprint density at radius 1 is 1.28 bits per heavy atom. The molecule has 0 aliphatic carbocycles. The highest BCUT2D eigenvalue weighted by Crippen LogP contribution is 2.09. The van der Waals surface area contributed by atoms with E-state index >= 15 is 0 Å². The number of carbonyl (C=O) groups excluding carboxylic acids is 1. The molecule has 1 atom stereocenters. The van der Waals surface area contributed by atoms with E-state index in [1.54, 1.807) is 12.2 Å². The van der Waals surface area contributed by atoms with Gasteiger partial charge in [-0.15, -0.1) is 13.2 Å². The van der Waals surface area contributed by atoms with E-state index in [0.29, 0.717) is 13.1 Å². The SMILES string of the molecule is C=CCN(CC=C)C(=O)NCC(C(=O)O)C(C)C. The summed E-state index contributed by atoms with van der Waals surface area (Å²) in [5.41, 5.74) is 0. The number of nitrogens with zero attached hydrogens (tertiary/aromatic N) is 1. The lowest BCUT2D eigenvalue weighted by Crippen LogP contribution is -2.44. The number of urea groups is 1. The third kappa shape index (κ3) is 5.52. The standard InChI is InChI=1S/C13H22N2O3/c1-5-7-15(8-6-2)13(18)14-9-11(10(3)4)12(16)17/h5-6,10-11H,1-2,7-9H2,3-4H3,(H,14,18)(H,16,17). The van der Waals surface area contributed by atoms with Crippen LogP contribution in [0.2, 0.25) is 0 Å². The number of amides is 2. The Balaban J connectivity index is 4.39. The maximum atomic E-state index is 11.8. The molecule has 0 aromatic heterocycles. The quantitative estimate of drug-likeness (QED) is 0.648. The lowest BCUT2D eigenvalue weighted by molar-refractivity contribution is -0.142. The minimum absolute atomic E-state index is 0.0324. The number of aliphatic carboxylic acids is 1. The summed E-state index contributed by atoms with van der Waals surface area (Å²) in [6.07, 6.45) is 3.22. The molecule has 0 saturated carbocycles. The van der Waals surface area contributed by atoms with Crippen molar-refractivity contribution in [3.8, 4) is 0 Å². The van der Waals surface area contributed by atoms with E-state index in [1.165, 1.54) is 4.90 Å². The summed E-state index contributed by atoms with van der Waals surface area (Å²) >= 11 is 0. The van der Waals surface area contributed by atoms with Crippen molar-refractivity contribution in [2.45, 2.75) is 13.8 Å². The van der Waals surface area contributed by atoms with Crippen molar-refractivity contribution in [2.75, 3.05) is 19.6 Å². The van der Waals surface area contributed by atoms with Crippen LogP contribution in [-0.2, 0) is 4.79 Å². The first-order valence-corrected chi connectivity index (χ1v) is 5.91. The van der Waals surface area contributed by atoms with E-state index in [1.807, 2.05) is 13.8 Å². The third-order valence-electron chi connectivity index (χ3n) is 2.58. The van der Waals surface area contributed by atoms with Crippen molar-refractivity contribution in [1.29, 1.82) is 0 Å². The summed E-state index contributed by atoms with van der Waals surface area (Å²) in [6.45, 7) is 11.7. The molecule has 0 radical (unpaired) electrons. The molecule has 1 unspecified atom stereocenters. The molecule has 0 aromatic carbocycles. The van der Waals surface area contributed by atoms with Crippen LogP contribution in [0.1, 0.15) is 13.8 Å². The van der Waals surface area contributed by atoms with Crippen molar-refractivity contribution < 1.29 is 14.7 Å². The van der Waals surface area contributed by atoms with Crippen molar-refractivity contribution in [3.63, 3.8) is 0 Å². The zero-order valence-corrected chi connectivity index (χ0v) is 11.1. The zero-order valence-electron chi connectivity index (χ0n) is 11.1. The van der Waals surface area contributed by atoms with Gasteiger partial charge in [0, 0.05) is 19.6 Å². The molecule has 0 heterocycles. The molecule has 0 spiro atoms. The Morgan fingerprint density at radius 3 is 2.11 bits per heavy atom. The van der Waals surface area contributed by atoms with Crippen LogP contribution in [0, 0.1) is 11.8 Å². The molecule has 2 amide bonds. The smallest absolute Gasteiger partial charge is 0.317 e. The molecule has 102 valence electrons. The van der Waals surface area contributed by atoms with E-state index in [2.05, 4.69) is 18.5 Å². The Hall–Kier alpha value is -1.78. The van der Waals surface area contributed by atoms with Crippen LogP contribution >= 0.6 is 0 Å². The number of carboxylic acid groups (broad SMARTS) is 1. The Morgan fingerprint density at radius 2 is 1.78 bits per heavy atom. The average molecular weight is 254 g/mol. The molecule has 0 aliphatic rings. The molecule has 0 aromatic rings. The predicted octanol–water partition coefficient (Wildman–Crippen LogP) is 1.73.